The largest absolute Gasteiger partial charge is 0.466 e. The zero-order valence-electron chi connectivity index (χ0n) is 15.0. The van der Waals surface area contributed by atoms with Crippen molar-refractivity contribution in [1.29, 1.82) is 0 Å². The SMILES string of the molecule is CCOC(=O)C1CCN([C@@H](C)C(=O)Nc2ccc(S(N)(=O)=O)cc2)CC1. The number of esters is 1. The van der Waals surface area contributed by atoms with Gasteiger partial charge >= 0.3 is 5.97 Å². The second-order valence-electron chi connectivity index (χ2n) is 6.30. The van der Waals surface area contributed by atoms with Crippen molar-refractivity contribution in [2.75, 3.05) is 25.0 Å². The molecule has 1 amide bonds. The molecular formula is C17H25N3O5S. The molecule has 0 radical (unpaired) electrons. The highest BCUT2D eigenvalue weighted by atomic mass is 32.2. The molecule has 1 atom stereocenters. The van der Waals surface area contributed by atoms with Crippen LogP contribution in [-0.2, 0) is 24.3 Å². The van der Waals surface area contributed by atoms with Crippen molar-refractivity contribution in [2.24, 2.45) is 11.1 Å². The van der Waals surface area contributed by atoms with E-state index in [9.17, 15) is 18.0 Å². The summed E-state index contributed by atoms with van der Waals surface area (Å²) in [5.74, 6) is -0.464. The number of anilines is 1. The Balaban J connectivity index is 1.89. The Morgan fingerprint density at radius 3 is 2.35 bits per heavy atom. The number of amides is 1. The lowest BCUT2D eigenvalue weighted by Gasteiger charge is -2.34. The predicted octanol–water partition coefficient (Wildman–Crippen LogP) is 0.936. The highest BCUT2D eigenvalue weighted by molar-refractivity contribution is 7.89. The van der Waals surface area contributed by atoms with Crippen molar-refractivity contribution in [1.82, 2.24) is 4.90 Å². The van der Waals surface area contributed by atoms with Gasteiger partial charge < -0.3 is 10.1 Å². The van der Waals surface area contributed by atoms with Gasteiger partial charge in [-0.25, -0.2) is 13.6 Å². The van der Waals surface area contributed by atoms with E-state index in [2.05, 4.69) is 5.32 Å². The topological polar surface area (TPSA) is 119 Å². The summed E-state index contributed by atoms with van der Waals surface area (Å²) in [4.78, 5) is 26.2. The van der Waals surface area contributed by atoms with Crippen LogP contribution in [0.25, 0.3) is 0 Å². The average molecular weight is 383 g/mol. The fourth-order valence-corrected chi connectivity index (χ4v) is 3.44. The first-order valence-electron chi connectivity index (χ1n) is 8.56. The monoisotopic (exact) mass is 383 g/mol. The summed E-state index contributed by atoms with van der Waals surface area (Å²) in [6.07, 6.45) is 1.33. The van der Waals surface area contributed by atoms with Crippen LogP contribution in [0, 0.1) is 5.92 Å². The van der Waals surface area contributed by atoms with Crippen molar-refractivity contribution in [3.63, 3.8) is 0 Å². The van der Waals surface area contributed by atoms with Crippen LogP contribution in [0.4, 0.5) is 5.69 Å². The van der Waals surface area contributed by atoms with E-state index in [1.54, 1.807) is 13.8 Å². The minimum Gasteiger partial charge on any atom is -0.466 e. The molecular weight excluding hydrogens is 358 g/mol. The third kappa shape index (κ3) is 5.26. The van der Waals surface area contributed by atoms with Crippen molar-refractivity contribution in [3.8, 4) is 0 Å². The van der Waals surface area contributed by atoms with E-state index in [1.807, 2.05) is 4.90 Å². The highest BCUT2D eigenvalue weighted by Gasteiger charge is 2.30. The number of piperidine rings is 1. The number of nitrogens with two attached hydrogens (primary N) is 1. The number of primary sulfonamides is 1. The zero-order valence-corrected chi connectivity index (χ0v) is 15.8. The molecule has 1 aliphatic heterocycles. The molecule has 26 heavy (non-hydrogen) atoms. The number of carbonyl (C=O) groups excluding carboxylic acids is 2. The van der Waals surface area contributed by atoms with Gasteiger partial charge in [0.2, 0.25) is 15.9 Å². The van der Waals surface area contributed by atoms with Gasteiger partial charge in [0, 0.05) is 5.69 Å². The minimum atomic E-state index is -3.76. The van der Waals surface area contributed by atoms with Gasteiger partial charge in [-0.1, -0.05) is 0 Å². The number of carbonyl (C=O) groups is 2. The van der Waals surface area contributed by atoms with E-state index in [1.165, 1.54) is 24.3 Å². The number of hydrogen-bond acceptors (Lipinski definition) is 6. The van der Waals surface area contributed by atoms with Crippen LogP contribution < -0.4 is 10.5 Å². The molecule has 8 nitrogen and oxygen atoms in total. The molecule has 9 heteroatoms. The van der Waals surface area contributed by atoms with E-state index in [-0.39, 0.29) is 28.7 Å². The molecule has 1 heterocycles. The van der Waals surface area contributed by atoms with E-state index in [0.29, 0.717) is 38.2 Å². The third-order valence-corrected chi connectivity index (χ3v) is 5.46. The van der Waals surface area contributed by atoms with Gasteiger partial charge in [-0.2, -0.15) is 0 Å². The van der Waals surface area contributed by atoms with Crippen LogP contribution in [0.15, 0.2) is 29.2 Å². The fraction of sp³-hybridized carbons (Fsp3) is 0.529. The molecule has 0 aromatic heterocycles. The number of sulfonamides is 1. The van der Waals surface area contributed by atoms with E-state index in [0.717, 1.165) is 0 Å². The summed E-state index contributed by atoms with van der Waals surface area (Å²) in [5.41, 5.74) is 0.496. The molecule has 2 rings (SSSR count). The number of likely N-dealkylation sites (tertiary alicyclic amines) is 1. The Morgan fingerprint density at radius 2 is 1.85 bits per heavy atom. The highest BCUT2D eigenvalue weighted by Crippen LogP contribution is 2.21. The summed E-state index contributed by atoms with van der Waals surface area (Å²) in [6.45, 7) is 5.25. The Hall–Kier alpha value is -1.97. The first-order valence-corrected chi connectivity index (χ1v) is 10.1. The normalized spacial score (nSPS) is 17.5. The molecule has 0 spiro atoms. The molecule has 3 N–H and O–H groups in total. The predicted molar refractivity (Wildman–Crippen MR) is 96.8 cm³/mol. The first kappa shape index (κ1) is 20.3. The minimum absolute atomic E-state index is 0.00964. The molecule has 0 bridgehead atoms. The number of nitrogens with one attached hydrogen (secondary N) is 1. The summed E-state index contributed by atoms with van der Waals surface area (Å²) >= 11 is 0. The maximum absolute atomic E-state index is 12.4. The van der Waals surface area contributed by atoms with Crippen LogP contribution >= 0.6 is 0 Å². The quantitative estimate of drug-likeness (QED) is 0.706. The van der Waals surface area contributed by atoms with Gasteiger partial charge in [0.1, 0.15) is 0 Å². The van der Waals surface area contributed by atoms with E-state index < -0.39 is 10.0 Å². The molecule has 0 aliphatic carbocycles. The number of hydrogen-bond donors (Lipinski definition) is 2. The maximum atomic E-state index is 12.4. The molecule has 1 fully saturated rings. The fourth-order valence-electron chi connectivity index (χ4n) is 2.92. The third-order valence-electron chi connectivity index (χ3n) is 4.53. The van der Waals surface area contributed by atoms with Crippen molar-refractivity contribution in [3.05, 3.63) is 24.3 Å². The molecule has 1 saturated heterocycles. The van der Waals surface area contributed by atoms with Crippen molar-refractivity contribution < 1.29 is 22.7 Å². The van der Waals surface area contributed by atoms with E-state index >= 15 is 0 Å². The first-order chi connectivity index (χ1) is 12.2. The van der Waals surface area contributed by atoms with Crippen molar-refractivity contribution >= 4 is 27.6 Å². The molecule has 144 valence electrons. The lowest BCUT2D eigenvalue weighted by Crippen LogP contribution is -2.47. The van der Waals surface area contributed by atoms with E-state index in [4.69, 9.17) is 9.88 Å². The molecule has 1 aromatic rings. The summed E-state index contributed by atoms with van der Waals surface area (Å²) in [5, 5.41) is 7.81. The Kier molecular flexibility index (Phi) is 6.74. The van der Waals surface area contributed by atoms with Gasteiger partial charge in [-0.3, -0.25) is 14.5 Å². The number of rotatable bonds is 6. The number of nitrogens with zero attached hydrogens (tertiary/aromatic N) is 1. The summed E-state index contributed by atoms with van der Waals surface area (Å²) in [6, 6.07) is 5.33. The van der Waals surface area contributed by atoms with Crippen LogP contribution in [-0.4, -0.2) is 50.9 Å². The van der Waals surface area contributed by atoms with Crippen LogP contribution in [0.2, 0.25) is 0 Å². The molecule has 1 aromatic carbocycles. The van der Waals surface area contributed by atoms with Gasteiger partial charge in [0.15, 0.2) is 0 Å². The number of benzene rings is 1. The standard InChI is InChI=1S/C17H25N3O5S/c1-3-25-17(22)13-8-10-20(11-9-13)12(2)16(21)19-14-4-6-15(7-5-14)26(18,23)24/h4-7,12-13H,3,8-11H2,1-2H3,(H,19,21)(H2,18,23,24)/t12-/m0/s1. The van der Waals surface area contributed by atoms with Gasteiger partial charge in [0.25, 0.3) is 0 Å². The Labute approximate surface area is 153 Å². The lowest BCUT2D eigenvalue weighted by atomic mass is 9.96. The Bertz CT molecular complexity index is 740. The zero-order chi connectivity index (χ0) is 19.3. The van der Waals surface area contributed by atoms with Gasteiger partial charge in [0.05, 0.1) is 23.5 Å². The van der Waals surface area contributed by atoms with Crippen LogP contribution in [0.1, 0.15) is 26.7 Å². The second kappa shape index (κ2) is 8.61. The van der Waals surface area contributed by atoms with Crippen LogP contribution in [0.3, 0.4) is 0 Å². The lowest BCUT2D eigenvalue weighted by molar-refractivity contribution is -0.149. The maximum Gasteiger partial charge on any atom is 0.309 e. The Morgan fingerprint density at radius 1 is 1.27 bits per heavy atom. The average Bonchev–Trinajstić information content (AvgIpc) is 2.61. The summed E-state index contributed by atoms with van der Waals surface area (Å²) < 4.78 is 27.5. The summed E-state index contributed by atoms with van der Waals surface area (Å²) in [7, 11) is -3.76. The smallest absolute Gasteiger partial charge is 0.309 e. The molecule has 1 aliphatic rings. The van der Waals surface area contributed by atoms with Crippen molar-refractivity contribution in [2.45, 2.75) is 37.6 Å². The van der Waals surface area contributed by atoms with Crippen LogP contribution in [0.5, 0.6) is 0 Å². The second-order valence-corrected chi connectivity index (χ2v) is 7.86. The van der Waals surface area contributed by atoms with Gasteiger partial charge in [-0.05, 0) is 64.0 Å². The van der Waals surface area contributed by atoms with Gasteiger partial charge in [-0.15, -0.1) is 0 Å². The number of ether oxygens (including phenoxy) is 1. The molecule has 0 saturated carbocycles. The molecule has 0 unspecified atom stereocenters.